The lowest BCUT2D eigenvalue weighted by molar-refractivity contribution is 0.267. The highest BCUT2D eigenvalue weighted by Crippen LogP contribution is 2.33. The molecule has 2 aromatic heterocycles. The SMILES string of the molecule is CCc1cc(=O)n2nc(N[C@@H](CC(C)C)c3ccccc3OCC(C)C)sc2n1. The molecule has 0 bridgehead atoms. The maximum absolute atomic E-state index is 12.3. The molecule has 2 heterocycles. The quantitative estimate of drug-likeness (QED) is 0.537. The van der Waals surface area contributed by atoms with E-state index < -0.39 is 0 Å². The van der Waals surface area contributed by atoms with Crippen LogP contribution in [0.2, 0.25) is 0 Å². The van der Waals surface area contributed by atoms with Crippen LogP contribution in [0, 0.1) is 11.8 Å². The van der Waals surface area contributed by atoms with Crippen LogP contribution >= 0.6 is 11.3 Å². The Morgan fingerprint density at radius 1 is 1.17 bits per heavy atom. The van der Waals surface area contributed by atoms with Crippen molar-refractivity contribution in [3.63, 3.8) is 0 Å². The van der Waals surface area contributed by atoms with Crippen molar-refractivity contribution in [3.8, 4) is 5.75 Å². The molecule has 29 heavy (non-hydrogen) atoms. The van der Waals surface area contributed by atoms with Crippen molar-refractivity contribution in [2.45, 2.75) is 53.5 Å². The molecule has 0 saturated heterocycles. The Morgan fingerprint density at radius 2 is 1.93 bits per heavy atom. The molecule has 0 aliphatic rings. The van der Waals surface area contributed by atoms with Gasteiger partial charge in [0.15, 0.2) is 0 Å². The number of nitrogens with zero attached hydrogens (tertiary/aromatic N) is 3. The Balaban J connectivity index is 1.94. The van der Waals surface area contributed by atoms with E-state index in [-0.39, 0.29) is 11.6 Å². The molecule has 0 aliphatic heterocycles. The van der Waals surface area contributed by atoms with Crippen LogP contribution in [0.1, 0.15) is 58.3 Å². The molecule has 1 N–H and O–H groups in total. The van der Waals surface area contributed by atoms with E-state index >= 15 is 0 Å². The zero-order chi connectivity index (χ0) is 21.0. The lowest BCUT2D eigenvalue weighted by atomic mass is 9.96. The van der Waals surface area contributed by atoms with Gasteiger partial charge in [0.1, 0.15) is 5.75 Å². The number of hydrogen-bond donors (Lipinski definition) is 1. The fourth-order valence-electron chi connectivity index (χ4n) is 3.14. The largest absolute Gasteiger partial charge is 0.493 e. The van der Waals surface area contributed by atoms with Gasteiger partial charge in [-0.3, -0.25) is 4.79 Å². The smallest absolute Gasteiger partial charge is 0.275 e. The molecule has 6 nitrogen and oxygen atoms in total. The lowest BCUT2D eigenvalue weighted by Gasteiger charge is -2.23. The molecule has 0 fully saturated rings. The number of fused-ring (bicyclic) bond motifs is 1. The summed E-state index contributed by atoms with van der Waals surface area (Å²) in [5, 5.41) is 8.70. The summed E-state index contributed by atoms with van der Waals surface area (Å²) in [6.07, 6.45) is 1.64. The first-order chi connectivity index (χ1) is 13.9. The van der Waals surface area contributed by atoms with E-state index in [0.717, 1.165) is 29.8 Å². The number of rotatable bonds is 9. The Hall–Kier alpha value is -2.41. The molecule has 0 amide bonds. The number of aryl methyl sites for hydroxylation is 1. The number of anilines is 1. The predicted octanol–water partition coefficient (Wildman–Crippen LogP) is 4.95. The fourth-order valence-corrected chi connectivity index (χ4v) is 4.01. The highest BCUT2D eigenvalue weighted by molar-refractivity contribution is 7.20. The second-order valence-corrected chi connectivity index (χ2v) is 9.07. The number of para-hydroxylation sites is 1. The van der Waals surface area contributed by atoms with Crippen molar-refractivity contribution in [2.24, 2.45) is 11.8 Å². The molecule has 0 saturated carbocycles. The van der Waals surface area contributed by atoms with Gasteiger partial charge in [-0.25, -0.2) is 4.98 Å². The third kappa shape index (κ3) is 5.35. The first kappa shape index (κ1) is 21.3. The third-order valence-corrected chi connectivity index (χ3v) is 5.37. The van der Waals surface area contributed by atoms with Crippen LogP contribution in [0.15, 0.2) is 35.1 Å². The summed E-state index contributed by atoms with van der Waals surface area (Å²) in [6, 6.07) is 9.73. The standard InChI is InChI=1S/C22H30N4O2S/c1-6-16-12-20(27)26-22(23-16)29-21(25-26)24-18(11-14(2)3)17-9-7-8-10-19(17)28-13-15(4)5/h7-10,12,14-15,18H,6,11,13H2,1-5H3,(H,24,25)/t18-/m0/s1. The van der Waals surface area contributed by atoms with Gasteiger partial charge in [-0.05, 0) is 30.7 Å². The van der Waals surface area contributed by atoms with E-state index in [4.69, 9.17) is 4.74 Å². The second-order valence-electron chi connectivity index (χ2n) is 8.11. The van der Waals surface area contributed by atoms with Gasteiger partial charge in [0, 0.05) is 17.3 Å². The molecule has 0 radical (unpaired) electrons. The van der Waals surface area contributed by atoms with Crippen molar-refractivity contribution in [2.75, 3.05) is 11.9 Å². The Morgan fingerprint density at radius 3 is 2.62 bits per heavy atom. The molecule has 3 aromatic rings. The maximum atomic E-state index is 12.3. The minimum atomic E-state index is -0.141. The van der Waals surface area contributed by atoms with Crippen molar-refractivity contribution >= 4 is 21.4 Å². The third-order valence-electron chi connectivity index (χ3n) is 4.53. The summed E-state index contributed by atoms with van der Waals surface area (Å²) in [5.74, 6) is 1.83. The van der Waals surface area contributed by atoms with Gasteiger partial charge in [0.05, 0.1) is 12.6 Å². The summed E-state index contributed by atoms with van der Waals surface area (Å²) in [4.78, 5) is 17.5. The van der Waals surface area contributed by atoms with Crippen molar-refractivity contribution in [3.05, 3.63) is 51.9 Å². The summed E-state index contributed by atoms with van der Waals surface area (Å²) in [7, 11) is 0. The van der Waals surface area contributed by atoms with Crippen LogP contribution in [0.5, 0.6) is 5.75 Å². The Kier molecular flexibility index (Phi) is 6.90. The normalized spacial score (nSPS) is 12.7. The first-order valence-corrected chi connectivity index (χ1v) is 11.1. The first-order valence-electron chi connectivity index (χ1n) is 10.3. The van der Waals surface area contributed by atoms with E-state index in [1.54, 1.807) is 6.07 Å². The van der Waals surface area contributed by atoms with Gasteiger partial charge < -0.3 is 10.1 Å². The summed E-state index contributed by atoms with van der Waals surface area (Å²) >= 11 is 1.40. The number of benzene rings is 1. The van der Waals surface area contributed by atoms with E-state index in [1.807, 2.05) is 25.1 Å². The van der Waals surface area contributed by atoms with Crippen LogP contribution in [-0.4, -0.2) is 21.2 Å². The summed E-state index contributed by atoms with van der Waals surface area (Å²) in [6.45, 7) is 11.3. The number of nitrogens with one attached hydrogen (secondary N) is 1. The van der Waals surface area contributed by atoms with Gasteiger partial charge in [0.25, 0.3) is 5.56 Å². The molecule has 1 aromatic carbocycles. The lowest BCUT2D eigenvalue weighted by Crippen LogP contribution is -2.17. The highest BCUT2D eigenvalue weighted by Gasteiger charge is 2.20. The van der Waals surface area contributed by atoms with Crippen molar-refractivity contribution in [1.82, 2.24) is 14.6 Å². The highest BCUT2D eigenvalue weighted by atomic mass is 32.1. The van der Waals surface area contributed by atoms with Gasteiger partial charge in [-0.15, -0.1) is 5.10 Å². The van der Waals surface area contributed by atoms with Gasteiger partial charge >= 0.3 is 0 Å². The molecule has 3 rings (SSSR count). The van der Waals surface area contributed by atoms with Crippen LogP contribution < -0.4 is 15.6 Å². The molecular weight excluding hydrogens is 384 g/mol. The monoisotopic (exact) mass is 414 g/mol. The molecular formula is C22H30N4O2S. The van der Waals surface area contributed by atoms with Gasteiger partial charge in [-0.2, -0.15) is 4.52 Å². The van der Waals surface area contributed by atoms with Crippen molar-refractivity contribution in [1.29, 1.82) is 0 Å². The minimum Gasteiger partial charge on any atom is -0.493 e. The topological polar surface area (TPSA) is 68.5 Å². The van der Waals surface area contributed by atoms with Crippen LogP contribution in [0.3, 0.4) is 0 Å². The number of ether oxygens (including phenoxy) is 1. The average Bonchev–Trinajstić information content (AvgIpc) is 3.08. The van der Waals surface area contributed by atoms with Crippen molar-refractivity contribution < 1.29 is 4.74 Å². The molecule has 0 unspecified atom stereocenters. The zero-order valence-corrected chi connectivity index (χ0v) is 18.6. The molecule has 156 valence electrons. The van der Waals surface area contributed by atoms with E-state index in [2.05, 4.69) is 49.2 Å². The fraction of sp³-hybridized carbons (Fsp3) is 0.500. The number of hydrogen-bond acceptors (Lipinski definition) is 6. The van der Waals surface area contributed by atoms with Gasteiger partial charge in [-0.1, -0.05) is 64.2 Å². The summed E-state index contributed by atoms with van der Waals surface area (Å²) < 4.78 is 7.46. The molecule has 1 atom stereocenters. The second kappa shape index (κ2) is 9.39. The average molecular weight is 415 g/mol. The van der Waals surface area contributed by atoms with Crippen LogP contribution in [0.4, 0.5) is 5.13 Å². The van der Waals surface area contributed by atoms with Crippen LogP contribution in [0.25, 0.3) is 4.96 Å². The Labute approximate surface area is 176 Å². The zero-order valence-electron chi connectivity index (χ0n) is 17.8. The van der Waals surface area contributed by atoms with Gasteiger partial charge in [0.2, 0.25) is 10.1 Å². The molecule has 0 aliphatic carbocycles. The Bertz CT molecular complexity index is 1010. The van der Waals surface area contributed by atoms with E-state index in [9.17, 15) is 4.79 Å². The maximum Gasteiger partial charge on any atom is 0.275 e. The van der Waals surface area contributed by atoms with E-state index in [0.29, 0.717) is 28.5 Å². The van der Waals surface area contributed by atoms with E-state index in [1.165, 1.54) is 15.9 Å². The van der Waals surface area contributed by atoms with Crippen LogP contribution in [-0.2, 0) is 6.42 Å². The molecule has 0 spiro atoms. The predicted molar refractivity (Wildman–Crippen MR) is 119 cm³/mol. The number of aromatic nitrogens is 3. The molecule has 7 heteroatoms. The summed E-state index contributed by atoms with van der Waals surface area (Å²) in [5.41, 5.74) is 1.75. The minimum absolute atomic E-state index is 0.0280.